The van der Waals surface area contributed by atoms with Crippen molar-refractivity contribution in [2.45, 2.75) is 0 Å². The van der Waals surface area contributed by atoms with Crippen molar-refractivity contribution in [3.63, 3.8) is 0 Å². The lowest BCUT2D eigenvalue weighted by atomic mass is 10.0. The predicted molar refractivity (Wildman–Crippen MR) is 107 cm³/mol. The van der Waals surface area contributed by atoms with E-state index in [-0.39, 0.29) is 11.3 Å². The number of benzene rings is 1. The zero-order valence-corrected chi connectivity index (χ0v) is 15.4. The molecule has 0 radical (unpaired) electrons. The van der Waals surface area contributed by atoms with Crippen molar-refractivity contribution in [1.82, 2.24) is 15.0 Å². The molecule has 8 heteroatoms. The summed E-state index contributed by atoms with van der Waals surface area (Å²) >= 11 is 0. The molecule has 0 aliphatic heterocycles. The quantitative estimate of drug-likeness (QED) is 0.392. The van der Waals surface area contributed by atoms with Gasteiger partial charge < -0.3 is 10.7 Å². The van der Waals surface area contributed by atoms with Gasteiger partial charge in [-0.2, -0.15) is 0 Å². The van der Waals surface area contributed by atoms with E-state index in [9.17, 15) is 18.4 Å². The van der Waals surface area contributed by atoms with E-state index in [1.165, 1.54) is 6.08 Å². The van der Waals surface area contributed by atoms with Crippen LogP contribution in [0.15, 0.2) is 61.1 Å². The number of aromatic amines is 1. The normalized spacial score (nSPS) is 11.3. The van der Waals surface area contributed by atoms with E-state index in [1.807, 2.05) is 6.07 Å². The van der Waals surface area contributed by atoms with Crippen molar-refractivity contribution in [1.29, 1.82) is 0 Å². The second-order valence-corrected chi connectivity index (χ2v) is 6.49. The van der Waals surface area contributed by atoms with Crippen LogP contribution in [0.5, 0.6) is 0 Å². The molecule has 0 saturated carbocycles. The molecule has 3 aromatic heterocycles. The minimum absolute atomic E-state index is 0.178. The van der Waals surface area contributed by atoms with E-state index >= 15 is 0 Å². The van der Waals surface area contributed by atoms with Crippen LogP contribution in [-0.4, -0.2) is 26.6 Å². The number of H-pyrrole nitrogens is 1. The molecule has 30 heavy (non-hydrogen) atoms. The Bertz CT molecular complexity index is 1310. The number of nitrogens with one attached hydrogen (secondary N) is 1. The van der Waals surface area contributed by atoms with E-state index in [0.717, 1.165) is 28.1 Å². The number of halogens is 2. The molecule has 0 bridgehead atoms. The average molecular weight is 404 g/mol. The van der Waals surface area contributed by atoms with Gasteiger partial charge in [0.05, 0.1) is 6.20 Å². The van der Waals surface area contributed by atoms with Crippen LogP contribution in [0.1, 0.15) is 21.6 Å². The van der Waals surface area contributed by atoms with E-state index in [1.54, 1.807) is 42.7 Å². The van der Waals surface area contributed by atoms with Crippen LogP contribution >= 0.6 is 0 Å². The fourth-order valence-electron chi connectivity index (χ4n) is 2.99. The van der Waals surface area contributed by atoms with Crippen LogP contribution in [0.25, 0.3) is 28.2 Å². The van der Waals surface area contributed by atoms with Gasteiger partial charge in [-0.15, -0.1) is 0 Å². The number of carbonyl (C=O) groups is 2. The Morgan fingerprint density at radius 1 is 0.967 bits per heavy atom. The van der Waals surface area contributed by atoms with E-state index in [2.05, 4.69) is 15.0 Å². The highest BCUT2D eigenvalue weighted by atomic mass is 19.2. The molecule has 1 amide bonds. The number of carbonyl (C=O) groups excluding carboxylic acids is 2. The minimum Gasteiger partial charge on any atom is -0.366 e. The molecule has 0 aliphatic carbocycles. The molecule has 3 N–H and O–H groups in total. The zero-order chi connectivity index (χ0) is 21.3. The first-order chi connectivity index (χ1) is 14.4. The molecule has 0 unspecified atom stereocenters. The van der Waals surface area contributed by atoms with Crippen molar-refractivity contribution in [2.75, 3.05) is 0 Å². The molecular formula is C22H14F2N4O2. The predicted octanol–water partition coefficient (Wildman–Crippen LogP) is 3.63. The van der Waals surface area contributed by atoms with Gasteiger partial charge in [0.1, 0.15) is 11.3 Å². The molecule has 0 saturated heterocycles. The van der Waals surface area contributed by atoms with E-state index in [0.29, 0.717) is 11.8 Å². The molecule has 0 fully saturated rings. The summed E-state index contributed by atoms with van der Waals surface area (Å²) in [6.45, 7) is 0. The van der Waals surface area contributed by atoms with Crippen LogP contribution in [0.2, 0.25) is 0 Å². The Balaban J connectivity index is 1.64. The number of primary amides is 1. The van der Waals surface area contributed by atoms with Gasteiger partial charge in [-0.1, -0.05) is 24.3 Å². The molecule has 0 atom stereocenters. The van der Waals surface area contributed by atoms with Crippen molar-refractivity contribution in [2.24, 2.45) is 5.73 Å². The number of aromatic nitrogens is 3. The van der Waals surface area contributed by atoms with Gasteiger partial charge >= 0.3 is 0 Å². The second-order valence-electron chi connectivity index (χ2n) is 6.49. The van der Waals surface area contributed by atoms with Gasteiger partial charge in [0.15, 0.2) is 11.6 Å². The lowest BCUT2D eigenvalue weighted by molar-refractivity contribution is -0.113. The molecule has 4 aromatic rings. The smallest absolute Gasteiger partial charge is 0.241 e. The van der Waals surface area contributed by atoms with Crippen molar-refractivity contribution < 1.29 is 18.4 Å². The Kier molecular flexibility index (Phi) is 4.89. The van der Waals surface area contributed by atoms with Crippen LogP contribution in [-0.2, 0) is 4.79 Å². The van der Waals surface area contributed by atoms with Gasteiger partial charge in [0, 0.05) is 46.6 Å². The van der Waals surface area contributed by atoms with Crippen molar-refractivity contribution in [3.05, 3.63) is 89.5 Å². The average Bonchev–Trinajstić information content (AvgIpc) is 3.16. The fourth-order valence-corrected chi connectivity index (χ4v) is 2.99. The van der Waals surface area contributed by atoms with E-state index < -0.39 is 23.3 Å². The maximum absolute atomic E-state index is 13.4. The number of nitrogens with two attached hydrogens (primary N) is 1. The van der Waals surface area contributed by atoms with Crippen molar-refractivity contribution >= 4 is 28.8 Å². The Hall–Kier alpha value is -4.20. The highest BCUT2D eigenvalue weighted by Gasteiger charge is 2.14. The lowest BCUT2D eigenvalue weighted by Crippen LogP contribution is -2.05. The molecule has 3 heterocycles. The standard InChI is InChI=1S/C22H14F2N4O2/c23-17-8-19(26-11-18(17)24)21(30)13-3-1-12(2-4-13)15-7-16-14(5-6-20(25)29)9-27-22(16)28-10-15/h1-11H,(H2,25,29)(H,27,28). The van der Waals surface area contributed by atoms with Crippen molar-refractivity contribution in [3.8, 4) is 11.1 Å². The van der Waals surface area contributed by atoms with Gasteiger partial charge in [0.2, 0.25) is 11.7 Å². The Morgan fingerprint density at radius 2 is 1.73 bits per heavy atom. The minimum atomic E-state index is -1.13. The molecule has 148 valence electrons. The Labute approximate surface area is 169 Å². The number of amides is 1. The monoisotopic (exact) mass is 404 g/mol. The molecule has 4 rings (SSSR count). The maximum atomic E-state index is 13.4. The lowest BCUT2D eigenvalue weighted by Gasteiger charge is -2.05. The maximum Gasteiger partial charge on any atom is 0.241 e. The first-order valence-corrected chi connectivity index (χ1v) is 8.83. The van der Waals surface area contributed by atoms with Gasteiger partial charge in [-0.3, -0.25) is 9.59 Å². The molecular weight excluding hydrogens is 390 g/mol. The van der Waals surface area contributed by atoms with Crippen LogP contribution in [0.4, 0.5) is 8.78 Å². The van der Waals surface area contributed by atoms with E-state index in [4.69, 9.17) is 5.73 Å². The summed E-state index contributed by atoms with van der Waals surface area (Å²) in [5.74, 6) is -3.31. The van der Waals surface area contributed by atoms with Crippen LogP contribution < -0.4 is 5.73 Å². The number of hydrogen-bond donors (Lipinski definition) is 2. The number of hydrogen-bond acceptors (Lipinski definition) is 4. The summed E-state index contributed by atoms with van der Waals surface area (Å²) in [6, 6.07) is 9.28. The fraction of sp³-hybridized carbons (Fsp3) is 0. The summed E-state index contributed by atoms with van der Waals surface area (Å²) in [4.78, 5) is 34.5. The first kappa shape index (κ1) is 19.1. The number of pyridine rings is 2. The third-order valence-electron chi connectivity index (χ3n) is 4.51. The third kappa shape index (κ3) is 3.70. The SMILES string of the molecule is NC(=O)C=Cc1c[nH]c2ncc(-c3ccc(C(=O)c4cc(F)c(F)cn4)cc3)cc12. The topological polar surface area (TPSA) is 102 Å². The number of fused-ring (bicyclic) bond motifs is 1. The van der Waals surface area contributed by atoms with Gasteiger partial charge in [-0.25, -0.2) is 18.7 Å². The summed E-state index contributed by atoms with van der Waals surface area (Å²) in [7, 11) is 0. The van der Waals surface area contributed by atoms with Crippen LogP contribution in [0.3, 0.4) is 0 Å². The third-order valence-corrected chi connectivity index (χ3v) is 4.51. The number of nitrogens with zero attached hydrogens (tertiary/aromatic N) is 2. The zero-order valence-electron chi connectivity index (χ0n) is 15.4. The summed E-state index contributed by atoms with van der Waals surface area (Å²) in [5.41, 5.74) is 8.26. The first-order valence-electron chi connectivity index (χ1n) is 8.83. The summed E-state index contributed by atoms with van der Waals surface area (Å²) in [6.07, 6.45) is 6.94. The van der Waals surface area contributed by atoms with Gasteiger partial charge in [0.25, 0.3) is 0 Å². The highest BCUT2D eigenvalue weighted by Crippen LogP contribution is 2.26. The molecule has 6 nitrogen and oxygen atoms in total. The second kappa shape index (κ2) is 7.67. The number of rotatable bonds is 5. The largest absolute Gasteiger partial charge is 0.366 e. The molecule has 0 spiro atoms. The Morgan fingerprint density at radius 3 is 2.43 bits per heavy atom. The highest BCUT2D eigenvalue weighted by molar-refractivity contribution is 6.08. The summed E-state index contributed by atoms with van der Waals surface area (Å²) < 4.78 is 26.4. The van der Waals surface area contributed by atoms with Crippen LogP contribution in [0, 0.1) is 11.6 Å². The molecule has 1 aromatic carbocycles. The number of ketones is 1. The summed E-state index contributed by atoms with van der Waals surface area (Å²) in [5, 5.41) is 0.802. The van der Waals surface area contributed by atoms with Gasteiger partial charge in [-0.05, 0) is 17.7 Å². The molecule has 0 aliphatic rings.